The van der Waals surface area contributed by atoms with Crippen LogP contribution in [-0.2, 0) is 14.8 Å². The highest BCUT2D eigenvalue weighted by atomic mass is 32.2. The van der Waals surface area contributed by atoms with Crippen molar-refractivity contribution in [3.63, 3.8) is 0 Å². The smallest absolute Gasteiger partial charge is 0.263 e. The second-order valence-electron chi connectivity index (χ2n) is 6.67. The predicted octanol–water partition coefficient (Wildman–Crippen LogP) is 4.63. The number of aromatic nitrogens is 1. The molecule has 0 bridgehead atoms. The van der Waals surface area contributed by atoms with E-state index in [1.54, 1.807) is 5.38 Å². The van der Waals surface area contributed by atoms with E-state index in [-0.39, 0.29) is 22.5 Å². The van der Waals surface area contributed by atoms with Crippen molar-refractivity contribution in [2.24, 2.45) is 0 Å². The SMILES string of the molecule is O=C(COc1ccccc1-c1ccccc1)Nc1ccc(S(=O)(=O)Nc2nccs2)cc1. The van der Waals surface area contributed by atoms with Gasteiger partial charge < -0.3 is 10.1 Å². The minimum Gasteiger partial charge on any atom is -0.483 e. The van der Waals surface area contributed by atoms with Gasteiger partial charge in [-0.1, -0.05) is 48.5 Å². The number of thiazole rings is 1. The number of hydrogen-bond donors (Lipinski definition) is 2. The minimum absolute atomic E-state index is 0.0683. The van der Waals surface area contributed by atoms with Crippen LogP contribution in [-0.4, -0.2) is 25.9 Å². The number of amides is 1. The molecule has 7 nitrogen and oxygen atoms in total. The average Bonchev–Trinajstić information content (AvgIpc) is 3.31. The molecule has 9 heteroatoms. The van der Waals surface area contributed by atoms with Gasteiger partial charge in [0.05, 0.1) is 4.90 Å². The third-order valence-corrected chi connectivity index (χ3v) is 6.61. The van der Waals surface area contributed by atoms with Crippen LogP contribution in [0, 0.1) is 0 Å². The maximum atomic E-state index is 12.4. The van der Waals surface area contributed by atoms with Crippen LogP contribution in [0.1, 0.15) is 0 Å². The first kappa shape index (κ1) is 21.5. The molecule has 1 heterocycles. The number of benzene rings is 3. The topological polar surface area (TPSA) is 97.4 Å². The van der Waals surface area contributed by atoms with Crippen molar-refractivity contribution in [1.29, 1.82) is 0 Å². The molecule has 162 valence electrons. The van der Waals surface area contributed by atoms with Gasteiger partial charge in [0.2, 0.25) is 0 Å². The zero-order valence-electron chi connectivity index (χ0n) is 16.8. The van der Waals surface area contributed by atoms with Crippen LogP contribution in [0.15, 0.2) is 95.3 Å². The number of para-hydroxylation sites is 1. The molecule has 0 aliphatic rings. The lowest BCUT2D eigenvalue weighted by Crippen LogP contribution is -2.20. The zero-order valence-corrected chi connectivity index (χ0v) is 18.4. The molecule has 0 fully saturated rings. The fourth-order valence-electron chi connectivity index (χ4n) is 2.95. The predicted molar refractivity (Wildman–Crippen MR) is 125 cm³/mol. The molecule has 0 aliphatic carbocycles. The summed E-state index contributed by atoms with van der Waals surface area (Å²) in [6.45, 7) is -0.185. The van der Waals surface area contributed by atoms with E-state index in [9.17, 15) is 13.2 Å². The Balaban J connectivity index is 1.37. The van der Waals surface area contributed by atoms with Gasteiger partial charge >= 0.3 is 0 Å². The quantitative estimate of drug-likeness (QED) is 0.395. The molecule has 3 aromatic carbocycles. The second-order valence-corrected chi connectivity index (χ2v) is 9.24. The molecule has 0 radical (unpaired) electrons. The van der Waals surface area contributed by atoms with Crippen LogP contribution in [0.25, 0.3) is 11.1 Å². The van der Waals surface area contributed by atoms with Crippen molar-refractivity contribution in [2.75, 3.05) is 16.6 Å². The number of nitrogens with one attached hydrogen (secondary N) is 2. The Morgan fingerprint density at radius 2 is 1.66 bits per heavy atom. The highest BCUT2D eigenvalue weighted by Gasteiger charge is 2.16. The highest BCUT2D eigenvalue weighted by molar-refractivity contribution is 7.93. The fourth-order valence-corrected chi connectivity index (χ4v) is 4.74. The number of rotatable bonds is 8. The Bertz CT molecular complexity index is 1290. The van der Waals surface area contributed by atoms with E-state index >= 15 is 0 Å². The summed E-state index contributed by atoms with van der Waals surface area (Å²) in [6.07, 6.45) is 1.52. The third-order valence-electron chi connectivity index (χ3n) is 4.43. The molecule has 4 rings (SSSR count). The number of carbonyl (C=O) groups is 1. The van der Waals surface area contributed by atoms with Crippen LogP contribution in [0.2, 0.25) is 0 Å². The van der Waals surface area contributed by atoms with Crippen molar-refractivity contribution in [3.05, 3.63) is 90.4 Å². The van der Waals surface area contributed by atoms with Gasteiger partial charge in [0.1, 0.15) is 5.75 Å². The van der Waals surface area contributed by atoms with Gasteiger partial charge in [-0.25, -0.2) is 13.4 Å². The first-order chi connectivity index (χ1) is 15.5. The summed E-state index contributed by atoms with van der Waals surface area (Å²) < 4.78 is 32.9. The number of anilines is 2. The van der Waals surface area contributed by atoms with Gasteiger partial charge in [0, 0.05) is 22.8 Å². The average molecular weight is 466 g/mol. The summed E-state index contributed by atoms with van der Waals surface area (Å²) >= 11 is 1.19. The molecule has 0 aliphatic heterocycles. The van der Waals surface area contributed by atoms with Crippen LogP contribution in [0.3, 0.4) is 0 Å². The summed E-state index contributed by atoms with van der Waals surface area (Å²) in [5, 5.41) is 4.67. The Morgan fingerprint density at radius 1 is 0.938 bits per heavy atom. The fraction of sp³-hybridized carbons (Fsp3) is 0.0435. The Kier molecular flexibility index (Phi) is 6.48. The van der Waals surface area contributed by atoms with Crippen molar-refractivity contribution in [2.45, 2.75) is 4.90 Å². The standard InChI is InChI=1S/C23H19N3O4S2/c27-22(16-30-21-9-5-4-8-20(21)17-6-2-1-3-7-17)25-18-10-12-19(13-11-18)32(28,29)26-23-24-14-15-31-23/h1-15H,16H2,(H,24,26)(H,25,27). The molecular weight excluding hydrogens is 446 g/mol. The van der Waals surface area contributed by atoms with Gasteiger partial charge in [-0.15, -0.1) is 11.3 Å². The molecular formula is C23H19N3O4S2. The molecule has 0 saturated heterocycles. The molecule has 4 aromatic rings. The Morgan fingerprint density at radius 3 is 2.38 bits per heavy atom. The van der Waals surface area contributed by atoms with E-state index in [1.807, 2.05) is 54.6 Å². The maximum absolute atomic E-state index is 12.4. The van der Waals surface area contributed by atoms with Crippen LogP contribution in [0.4, 0.5) is 10.8 Å². The number of ether oxygens (including phenoxy) is 1. The van der Waals surface area contributed by atoms with E-state index in [2.05, 4.69) is 15.0 Å². The molecule has 2 N–H and O–H groups in total. The number of nitrogens with zero attached hydrogens (tertiary/aromatic N) is 1. The number of hydrogen-bond acceptors (Lipinski definition) is 6. The van der Waals surface area contributed by atoms with Crippen molar-refractivity contribution >= 4 is 38.1 Å². The van der Waals surface area contributed by atoms with E-state index < -0.39 is 10.0 Å². The summed E-state index contributed by atoms with van der Waals surface area (Å²) in [6, 6.07) is 23.1. The first-order valence-electron chi connectivity index (χ1n) is 9.61. The Hall–Kier alpha value is -3.69. The van der Waals surface area contributed by atoms with Crippen LogP contribution < -0.4 is 14.8 Å². The lowest BCUT2D eigenvalue weighted by atomic mass is 10.1. The molecule has 0 unspecified atom stereocenters. The van der Waals surface area contributed by atoms with Crippen LogP contribution in [0.5, 0.6) is 5.75 Å². The summed E-state index contributed by atoms with van der Waals surface area (Å²) in [5.41, 5.74) is 2.35. The molecule has 1 amide bonds. The summed E-state index contributed by atoms with van der Waals surface area (Å²) in [5.74, 6) is 0.243. The normalized spacial score (nSPS) is 11.0. The van der Waals surface area contributed by atoms with E-state index in [0.29, 0.717) is 11.4 Å². The Labute approximate surface area is 189 Å². The summed E-state index contributed by atoms with van der Waals surface area (Å²) in [7, 11) is -3.75. The largest absolute Gasteiger partial charge is 0.483 e. The highest BCUT2D eigenvalue weighted by Crippen LogP contribution is 2.29. The molecule has 0 saturated carbocycles. The minimum atomic E-state index is -3.75. The van der Waals surface area contributed by atoms with Gasteiger partial charge in [-0.05, 0) is 35.9 Å². The van der Waals surface area contributed by atoms with Gasteiger partial charge in [0.25, 0.3) is 15.9 Å². The molecule has 0 atom stereocenters. The molecule has 1 aromatic heterocycles. The second kappa shape index (κ2) is 9.63. The lowest BCUT2D eigenvalue weighted by molar-refractivity contribution is -0.118. The van der Waals surface area contributed by atoms with Crippen molar-refractivity contribution in [3.8, 4) is 16.9 Å². The number of sulfonamides is 1. The summed E-state index contributed by atoms with van der Waals surface area (Å²) in [4.78, 5) is 16.3. The van der Waals surface area contributed by atoms with E-state index in [4.69, 9.17) is 4.74 Å². The van der Waals surface area contributed by atoms with Crippen LogP contribution >= 0.6 is 11.3 Å². The van der Waals surface area contributed by atoms with Crippen molar-refractivity contribution in [1.82, 2.24) is 4.98 Å². The van der Waals surface area contributed by atoms with Gasteiger partial charge in [0.15, 0.2) is 11.7 Å². The van der Waals surface area contributed by atoms with E-state index in [1.165, 1.54) is 41.8 Å². The molecule has 0 spiro atoms. The molecule has 32 heavy (non-hydrogen) atoms. The van der Waals surface area contributed by atoms with Gasteiger partial charge in [-0.2, -0.15) is 0 Å². The number of carbonyl (C=O) groups excluding carboxylic acids is 1. The first-order valence-corrected chi connectivity index (χ1v) is 12.0. The van der Waals surface area contributed by atoms with Crippen molar-refractivity contribution < 1.29 is 17.9 Å². The maximum Gasteiger partial charge on any atom is 0.263 e. The van der Waals surface area contributed by atoms with E-state index in [0.717, 1.165) is 11.1 Å². The zero-order chi connectivity index (χ0) is 22.4. The lowest BCUT2D eigenvalue weighted by Gasteiger charge is -2.12. The van der Waals surface area contributed by atoms with Gasteiger partial charge in [-0.3, -0.25) is 9.52 Å². The third kappa shape index (κ3) is 5.32. The monoisotopic (exact) mass is 465 g/mol.